The summed E-state index contributed by atoms with van der Waals surface area (Å²) in [5.41, 5.74) is 0. The van der Waals surface area contributed by atoms with E-state index in [-0.39, 0.29) is 29.3 Å². The van der Waals surface area contributed by atoms with Gasteiger partial charge in [-0.1, -0.05) is 20.8 Å². The number of hydrogen-bond acceptors (Lipinski definition) is 5. The van der Waals surface area contributed by atoms with Crippen LogP contribution >= 0.6 is 0 Å². The number of rotatable bonds is 6. The fourth-order valence-corrected chi connectivity index (χ4v) is 5.19. The fraction of sp³-hybridized carbons (Fsp3) is 0.950. The first-order chi connectivity index (χ1) is 12.2. The first-order valence-corrected chi connectivity index (χ1v) is 13.1. The molecule has 2 heterocycles. The van der Waals surface area contributed by atoms with Gasteiger partial charge in [0.25, 0.3) is 0 Å². The quantitative estimate of drug-likeness (QED) is 0.509. The lowest BCUT2D eigenvalue weighted by Crippen LogP contribution is -2.43. The van der Waals surface area contributed by atoms with Gasteiger partial charge >= 0.3 is 5.97 Å². The second-order valence-corrected chi connectivity index (χ2v) is 14.6. The summed E-state index contributed by atoms with van der Waals surface area (Å²) in [5, 5.41) is 0.189. The van der Waals surface area contributed by atoms with Crippen molar-refractivity contribution in [1.82, 2.24) is 0 Å². The highest BCUT2D eigenvalue weighted by Crippen LogP contribution is 2.46. The Morgan fingerprint density at radius 3 is 2.62 bits per heavy atom. The van der Waals surface area contributed by atoms with Crippen LogP contribution < -0.4 is 0 Å². The van der Waals surface area contributed by atoms with Crippen LogP contribution in [0, 0.1) is 17.8 Å². The van der Waals surface area contributed by atoms with Crippen LogP contribution in [-0.2, 0) is 23.4 Å². The summed E-state index contributed by atoms with van der Waals surface area (Å²) < 4.78 is 23.9. The predicted octanol–water partition coefficient (Wildman–Crippen LogP) is 4.12. The van der Waals surface area contributed by atoms with Gasteiger partial charge in [0.2, 0.25) is 0 Å². The third kappa shape index (κ3) is 4.51. The maximum atomic E-state index is 11.8. The van der Waals surface area contributed by atoms with Crippen molar-refractivity contribution in [1.29, 1.82) is 0 Å². The molecule has 1 unspecified atom stereocenters. The van der Waals surface area contributed by atoms with E-state index in [4.69, 9.17) is 18.6 Å². The van der Waals surface area contributed by atoms with Crippen LogP contribution in [0.1, 0.15) is 52.9 Å². The van der Waals surface area contributed by atoms with Gasteiger partial charge in [0.05, 0.1) is 13.0 Å². The highest BCUT2D eigenvalue weighted by molar-refractivity contribution is 6.74. The standard InChI is InChI=1S/C20H36O5Si/c1-20(2,3)26(4,5)24-13-16-14(10-17-15(16)11-18(21)25-17)12-23-19-8-6-7-9-22-19/h14-17,19H,6-13H2,1-5H3/t14-,15+,16-,17-,19?/m0/s1. The Balaban J connectivity index is 1.60. The minimum Gasteiger partial charge on any atom is -0.462 e. The van der Waals surface area contributed by atoms with Crippen molar-refractivity contribution in [2.75, 3.05) is 19.8 Å². The zero-order chi connectivity index (χ0) is 18.9. The van der Waals surface area contributed by atoms with Crippen LogP contribution in [0.5, 0.6) is 0 Å². The molecule has 150 valence electrons. The van der Waals surface area contributed by atoms with Crippen molar-refractivity contribution in [3.63, 3.8) is 0 Å². The Hall–Kier alpha value is -0.433. The van der Waals surface area contributed by atoms with Gasteiger partial charge in [0.15, 0.2) is 14.6 Å². The van der Waals surface area contributed by atoms with Gasteiger partial charge in [0, 0.05) is 19.1 Å². The predicted molar refractivity (Wildman–Crippen MR) is 102 cm³/mol. The van der Waals surface area contributed by atoms with Crippen LogP contribution in [0.3, 0.4) is 0 Å². The van der Waals surface area contributed by atoms with Crippen LogP contribution in [0.2, 0.25) is 18.1 Å². The second kappa shape index (κ2) is 7.90. The van der Waals surface area contributed by atoms with Gasteiger partial charge in [0.1, 0.15) is 6.10 Å². The number of ether oxygens (including phenoxy) is 3. The minimum atomic E-state index is -1.81. The van der Waals surface area contributed by atoms with Crippen molar-refractivity contribution >= 4 is 14.3 Å². The summed E-state index contributed by atoms with van der Waals surface area (Å²) in [6.07, 6.45) is 4.72. The highest BCUT2D eigenvalue weighted by Gasteiger charge is 2.51. The Bertz CT molecular complexity index is 495. The van der Waals surface area contributed by atoms with E-state index in [2.05, 4.69) is 33.9 Å². The molecule has 5 atom stereocenters. The largest absolute Gasteiger partial charge is 0.462 e. The Labute approximate surface area is 159 Å². The molecule has 0 aromatic heterocycles. The molecule has 0 amide bonds. The lowest BCUT2D eigenvalue weighted by molar-refractivity contribution is -0.172. The molecule has 5 nitrogen and oxygen atoms in total. The van der Waals surface area contributed by atoms with Crippen LogP contribution in [0.25, 0.3) is 0 Å². The molecule has 0 aromatic carbocycles. The molecule has 0 spiro atoms. The van der Waals surface area contributed by atoms with E-state index in [0.717, 1.165) is 25.9 Å². The van der Waals surface area contributed by atoms with Gasteiger partial charge in [-0.05, 0) is 55.7 Å². The third-order valence-corrected chi connectivity index (χ3v) is 11.4. The zero-order valence-corrected chi connectivity index (χ0v) is 18.1. The number of hydrogen-bond donors (Lipinski definition) is 0. The summed E-state index contributed by atoms with van der Waals surface area (Å²) in [4.78, 5) is 11.8. The van der Waals surface area contributed by atoms with Crippen molar-refractivity contribution < 1.29 is 23.4 Å². The molecule has 1 aliphatic carbocycles. The molecule has 1 saturated carbocycles. The van der Waals surface area contributed by atoms with Gasteiger partial charge < -0.3 is 18.6 Å². The maximum Gasteiger partial charge on any atom is 0.306 e. The van der Waals surface area contributed by atoms with Crippen LogP contribution in [0.15, 0.2) is 0 Å². The van der Waals surface area contributed by atoms with E-state index in [0.29, 0.717) is 31.5 Å². The molecule has 3 aliphatic rings. The molecule has 0 N–H and O–H groups in total. The van der Waals surface area contributed by atoms with Crippen molar-refractivity contribution in [2.45, 2.75) is 83.4 Å². The van der Waals surface area contributed by atoms with Crippen LogP contribution in [-0.4, -0.2) is 46.5 Å². The Kier molecular flexibility index (Phi) is 6.17. The molecule has 3 rings (SSSR count). The number of carbonyl (C=O) groups excluding carboxylic acids is 1. The van der Waals surface area contributed by atoms with E-state index in [1.165, 1.54) is 6.42 Å². The second-order valence-electron chi connectivity index (χ2n) is 9.76. The topological polar surface area (TPSA) is 54.0 Å². The molecule has 2 aliphatic heterocycles. The summed E-state index contributed by atoms with van der Waals surface area (Å²) in [7, 11) is -1.81. The summed E-state index contributed by atoms with van der Waals surface area (Å²) in [6.45, 7) is 13.6. The number of fused-ring (bicyclic) bond motifs is 1. The normalized spacial score (nSPS) is 35.4. The molecule has 0 bridgehead atoms. The third-order valence-electron chi connectivity index (χ3n) is 6.93. The molecular weight excluding hydrogens is 348 g/mol. The monoisotopic (exact) mass is 384 g/mol. The lowest BCUT2D eigenvalue weighted by atomic mass is 9.89. The highest BCUT2D eigenvalue weighted by atomic mass is 28.4. The van der Waals surface area contributed by atoms with E-state index >= 15 is 0 Å². The first-order valence-electron chi connectivity index (χ1n) is 10.2. The maximum absolute atomic E-state index is 11.8. The summed E-state index contributed by atoms with van der Waals surface area (Å²) in [6, 6.07) is 0. The van der Waals surface area contributed by atoms with E-state index < -0.39 is 8.32 Å². The van der Waals surface area contributed by atoms with Gasteiger partial charge in [-0.2, -0.15) is 0 Å². The lowest BCUT2D eigenvalue weighted by Gasteiger charge is -2.38. The van der Waals surface area contributed by atoms with E-state index in [9.17, 15) is 4.79 Å². The molecule has 0 aromatic rings. The number of carbonyl (C=O) groups is 1. The van der Waals surface area contributed by atoms with Crippen LogP contribution in [0.4, 0.5) is 0 Å². The van der Waals surface area contributed by atoms with Crippen molar-refractivity contribution in [3.8, 4) is 0 Å². The first kappa shape index (κ1) is 20.3. The molecule has 0 radical (unpaired) electrons. The van der Waals surface area contributed by atoms with Gasteiger partial charge in [-0.3, -0.25) is 4.79 Å². The summed E-state index contributed by atoms with van der Waals surface area (Å²) >= 11 is 0. The molecule has 2 saturated heterocycles. The Morgan fingerprint density at radius 2 is 1.96 bits per heavy atom. The average molecular weight is 385 g/mol. The molecule has 3 fully saturated rings. The molecule has 26 heavy (non-hydrogen) atoms. The smallest absolute Gasteiger partial charge is 0.306 e. The SMILES string of the molecule is CC(C)(C)[Si](C)(C)OC[C@H]1[C@H](COC2CCCCO2)C[C@@H]2OC(=O)C[C@H]12. The fourth-order valence-electron chi connectivity index (χ4n) is 4.15. The van der Waals surface area contributed by atoms with Gasteiger partial charge in [-0.25, -0.2) is 0 Å². The zero-order valence-electron chi connectivity index (χ0n) is 17.1. The van der Waals surface area contributed by atoms with E-state index in [1.807, 2.05) is 0 Å². The van der Waals surface area contributed by atoms with Gasteiger partial charge in [-0.15, -0.1) is 0 Å². The van der Waals surface area contributed by atoms with Crippen molar-refractivity contribution in [3.05, 3.63) is 0 Å². The average Bonchev–Trinajstić information content (AvgIpc) is 3.06. The number of esters is 1. The Morgan fingerprint density at radius 1 is 1.19 bits per heavy atom. The van der Waals surface area contributed by atoms with E-state index in [1.54, 1.807) is 0 Å². The molecular formula is C20H36O5Si. The van der Waals surface area contributed by atoms with Crippen molar-refractivity contribution in [2.24, 2.45) is 17.8 Å². The summed E-state index contributed by atoms with van der Waals surface area (Å²) in [5.74, 6) is 0.956. The minimum absolute atomic E-state index is 0.0488. The molecule has 6 heteroatoms.